The fourth-order valence-electron chi connectivity index (χ4n) is 1.91. The van der Waals surface area contributed by atoms with Gasteiger partial charge >= 0.3 is 0 Å². The molecule has 0 saturated carbocycles. The maximum atomic E-state index is 11.2. The van der Waals surface area contributed by atoms with Crippen molar-refractivity contribution >= 4 is 27.3 Å². The Hall–Kier alpha value is -1.10. The molecule has 0 amide bonds. The van der Waals surface area contributed by atoms with Gasteiger partial charge in [-0.25, -0.2) is 0 Å². The zero-order valence-electron chi connectivity index (χ0n) is 10.5. The first-order chi connectivity index (χ1) is 7.77. The number of hydrogen-bond acceptors (Lipinski definition) is 3. The van der Waals surface area contributed by atoms with Gasteiger partial charge in [-0.1, -0.05) is 27.7 Å². The molecule has 0 bridgehead atoms. The van der Waals surface area contributed by atoms with Crippen LogP contribution in [0.15, 0.2) is 10.5 Å². The third-order valence-electron chi connectivity index (χ3n) is 2.72. The van der Waals surface area contributed by atoms with Gasteiger partial charge in [0.1, 0.15) is 0 Å². The second kappa shape index (κ2) is 5.04. The Labute approximate surface area is 109 Å². The third kappa shape index (κ3) is 2.60. The average Bonchev–Trinajstić information content (AvgIpc) is 2.18. The molecule has 0 fully saturated rings. The molecule has 0 unspecified atom stereocenters. The van der Waals surface area contributed by atoms with E-state index in [4.69, 9.17) is 5.73 Å². The van der Waals surface area contributed by atoms with E-state index in [1.165, 1.54) is 0 Å². The third-order valence-corrected chi connectivity index (χ3v) is 3.55. The van der Waals surface area contributed by atoms with E-state index >= 15 is 0 Å². The van der Waals surface area contributed by atoms with Crippen LogP contribution in [-0.2, 0) is 0 Å². The summed E-state index contributed by atoms with van der Waals surface area (Å²) in [6.45, 7) is 7.77. The molecule has 4 nitrogen and oxygen atoms in total. The molecule has 0 aromatic heterocycles. The SMILES string of the molecule is CC(C)c1cc(N)c(C(C)C)c([N+](=O)[O-])c1Br. The molecule has 0 heterocycles. The molecule has 5 heteroatoms. The molecule has 1 rings (SSSR count). The van der Waals surface area contributed by atoms with Crippen LogP contribution < -0.4 is 5.73 Å². The van der Waals surface area contributed by atoms with Crippen LogP contribution in [0.25, 0.3) is 0 Å². The van der Waals surface area contributed by atoms with Gasteiger partial charge in [-0.2, -0.15) is 0 Å². The molecule has 0 atom stereocenters. The maximum absolute atomic E-state index is 11.2. The lowest BCUT2D eigenvalue weighted by atomic mass is 9.93. The first kappa shape index (κ1) is 14.0. The highest BCUT2D eigenvalue weighted by Gasteiger charge is 2.26. The number of nitrogens with two attached hydrogens (primary N) is 1. The van der Waals surface area contributed by atoms with E-state index in [-0.39, 0.29) is 22.4 Å². The summed E-state index contributed by atoms with van der Waals surface area (Å²) >= 11 is 3.34. The predicted molar refractivity (Wildman–Crippen MR) is 73.4 cm³/mol. The molecule has 94 valence electrons. The average molecular weight is 301 g/mol. The van der Waals surface area contributed by atoms with Crippen LogP contribution >= 0.6 is 15.9 Å². The Bertz CT molecular complexity index is 456. The zero-order valence-corrected chi connectivity index (χ0v) is 12.0. The minimum atomic E-state index is -0.359. The molecular formula is C12H17BrN2O2. The van der Waals surface area contributed by atoms with E-state index in [0.717, 1.165) is 5.56 Å². The summed E-state index contributed by atoms with van der Waals surface area (Å²) in [5.41, 5.74) is 8.02. The van der Waals surface area contributed by atoms with Crippen LogP contribution in [0.5, 0.6) is 0 Å². The van der Waals surface area contributed by atoms with E-state index in [9.17, 15) is 10.1 Å². The van der Waals surface area contributed by atoms with Gasteiger partial charge in [0.15, 0.2) is 0 Å². The highest BCUT2D eigenvalue weighted by atomic mass is 79.9. The van der Waals surface area contributed by atoms with Crippen LogP contribution in [0.2, 0.25) is 0 Å². The molecule has 2 N–H and O–H groups in total. The summed E-state index contributed by atoms with van der Waals surface area (Å²) in [5, 5.41) is 11.2. The minimum Gasteiger partial charge on any atom is -0.398 e. The number of hydrogen-bond donors (Lipinski definition) is 1. The van der Waals surface area contributed by atoms with E-state index < -0.39 is 0 Å². The zero-order chi connectivity index (χ0) is 13.3. The number of nitro groups is 1. The Morgan fingerprint density at radius 2 is 1.82 bits per heavy atom. The second-order valence-corrected chi connectivity index (χ2v) is 5.49. The van der Waals surface area contributed by atoms with Crippen molar-refractivity contribution in [2.24, 2.45) is 0 Å². The van der Waals surface area contributed by atoms with Crippen molar-refractivity contribution in [1.29, 1.82) is 0 Å². The summed E-state index contributed by atoms with van der Waals surface area (Å²) in [6.07, 6.45) is 0. The first-order valence-electron chi connectivity index (χ1n) is 5.53. The van der Waals surface area contributed by atoms with Gasteiger partial charge in [0.25, 0.3) is 5.69 Å². The predicted octanol–water partition coefficient (Wildman–Crippen LogP) is 4.19. The lowest BCUT2D eigenvalue weighted by Gasteiger charge is -2.16. The van der Waals surface area contributed by atoms with Crippen molar-refractivity contribution in [3.63, 3.8) is 0 Å². The highest BCUT2D eigenvalue weighted by Crippen LogP contribution is 2.42. The summed E-state index contributed by atoms with van der Waals surface area (Å²) in [6, 6.07) is 1.83. The highest BCUT2D eigenvalue weighted by molar-refractivity contribution is 9.10. The molecule has 0 aliphatic heterocycles. The topological polar surface area (TPSA) is 69.2 Å². The van der Waals surface area contributed by atoms with Crippen molar-refractivity contribution in [3.8, 4) is 0 Å². The normalized spacial score (nSPS) is 11.2. The van der Waals surface area contributed by atoms with Gasteiger partial charge in [0, 0.05) is 5.69 Å². The van der Waals surface area contributed by atoms with Crippen LogP contribution in [0.4, 0.5) is 11.4 Å². The number of nitrogen functional groups attached to an aromatic ring is 1. The Morgan fingerprint density at radius 1 is 1.29 bits per heavy atom. The number of anilines is 1. The van der Waals surface area contributed by atoms with Crippen LogP contribution in [0, 0.1) is 10.1 Å². The molecule has 1 aromatic carbocycles. The summed E-state index contributed by atoms with van der Waals surface area (Å²) < 4.78 is 0.551. The van der Waals surface area contributed by atoms with E-state index in [1.54, 1.807) is 0 Å². The van der Waals surface area contributed by atoms with Gasteiger partial charge in [0.05, 0.1) is 15.0 Å². The standard InChI is InChI=1S/C12H17BrN2O2/c1-6(2)8-5-9(14)10(7(3)4)12(11(8)13)15(16)17/h5-7H,14H2,1-4H3. The van der Waals surface area contributed by atoms with E-state index in [0.29, 0.717) is 15.7 Å². The number of nitrogens with zero attached hydrogens (tertiary/aromatic N) is 1. The van der Waals surface area contributed by atoms with Gasteiger partial charge in [-0.15, -0.1) is 0 Å². The van der Waals surface area contributed by atoms with Gasteiger partial charge < -0.3 is 5.73 Å². The number of benzene rings is 1. The van der Waals surface area contributed by atoms with Crippen molar-refractivity contribution in [3.05, 3.63) is 31.8 Å². The van der Waals surface area contributed by atoms with Crippen LogP contribution in [0.1, 0.15) is 50.7 Å². The summed E-state index contributed by atoms with van der Waals surface area (Å²) in [5.74, 6) is 0.208. The van der Waals surface area contributed by atoms with Gasteiger partial charge in [0.2, 0.25) is 0 Å². The largest absolute Gasteiger partial charge is 0.398 e. The fourth-order valence-corrected chi connectivity index (χ4v) is 2.84. The quantitative estimate of drug-likeness (QED) is 0.517. The number of rotatable bonds is 3. The van der Waals surface area contributed by atoms with Crippen LogP contribution in [-0.4, -0.2) is 4.92 Å². The van der Waals surface area contributed by atoms with E-state index in [2.05, 4.69) is 15.9 Å². The molecular weight excluding hydrogens is 284 g/mol. The van der Waals surface area contributed by atoms with Gasteiger partial charge in [-0.05, 0) is 39.4 Å². The number of halogens is 1. The number of nitro benzene ring substituents is 1. The summed E-state index contributed by atoms with van der Waals surface area (Å²) in [4.78, 5) is 10.8. The van der Waals surface area contributed by atoms with Gasteiger partial charge in [-0.3, -0.25) is 10.1 Å². The maximum Gasteiger partial charge on any atom is 0.289 e. The Kier molecular flexibility index (Phi) is 4.14. The molecule has 0 saturated heterocycles. The Morgan fingerprint density at radius 3 is 2.18 bits per heavy atom. The molecule has 0 radical (unpaired) electrons. The monoisotopic (exact) mass is 300 g/mol. The van der Waals surface area contributed by atoms with Crippen molar-refractivity contribution in [2.75, 3.05) is 5.73 Å². The lowest BCUT2D eigenvalue weighted by Crippen LogP contribution is -2.06. The lowest BCUT2D eigenvalue weighted by molar-refractivity contribution is -0.386. The summed E-state index contributed by atoms with van der Waals surface area (Å²) in [7, 11) is 0. The molecule has 1 aromatic rings. The molecule has 0 aliphatic carbocycles. The van der Waals surface area contributed by atoms with Crippen LogP contribution in [0.3, 0.4) is 0 Å². The van der Waals surface area contributed by atoms with E-state index in [1.807, 2.05) is 33.8 Å². The van der Waals surface area contributed by atoms with Crippen molar-refractivity contribution in [1.82, 2.24) is 0 Å². The first-order valence-corrected chi connectivity index (χ1v) is 6.32. The molecule has 0 aliphatic rings. The smallest absolute Gasteiger partial charge is 0.289 e. The Balaban J connectivity index is 3.65. The molecule has 17 heavy (non-hydrogen) atoms. The molecule has 0 spiro atoms. The fraction of sp³-hybridized carbons (Fsp3) is 0.500. The van der Waals surface area contributed by atoms with Crippen molar-refractivity contribution in [2.45, 2.75) is 39.5 Å². The van der Waals surface area contributed by atoms with Crippen molar-refractivity contribution < 1.29 is 4.92 Å². The minimum absolute atomic E-state index is 0.0212. The second-order valence-electron chi connectivity index (χ2n) is 4.70.